The number of rotatable bonds is 4. The second kappa shape index (κ2) is 8.37. The maximum atomic E-state index is 11.6. The molecule has 0 aromatic heterocycles. The van der Waals surface area contributed by atoms with Gasteiger partial charge in [0.05, 0.1) is 12.7 Å². The van der Waals surface area contributed by atoms with Gasteiger partial charge in [0.1, 0.15) is 0 Å². The molecule has 2 rings (SSSR count). The van der Waals surface area contributed by atoms with E-state index in [4.69, 9.17) is 10.5 Å². The summed E-state index contributed by atoms with van der Waals surface area (Å²) in [5, 5.41) is 0. The molecular weight excluding hydrogens is 288 g/mol. The van der Waals surface area contributed by atoms with E-state index < -0.39 is 0 Å². The molecule has 0 radical (unpaired) electrons. The summed E-state index contributed by atoms with van der Waals surface area (Å²) in [6.07, 6.45) is 2.38. The molecule has 2 atom stereocenters. The Morgan fingerprint density at radius 3 is 2.90 bits per heavy atom. The molecule has 1 saturated heterocycles. The summed E-state index contributed by atoms with van der Waals surface area (Å²) >= 11 is 0. The molecule has 1 aliphatic heterocycles. The van der Waals surface area contributed by atoms with Crippen molar-refractivity contribution in [1.82, 2.24) is 4.90 Å². The fourth-order valence-corrected chi connectivity index (χ4v) is 2.90. The number of halogens is 1. The minimum Gasteiger partial charge on any atom is -0.465 e. The first kappa shape index (κ1) is 18.0. The Morgan fingerprint density at radius 1 is 1.48 bits per heavy atom. The predicted molar refractivity (Wildman–Crippen MR) is 86.7 cm³/mol. The quantitative estimate of drug-likeness (QED) is 0.868. The lowest BCUT2D eigenvalue weighted by Gasteiger charge is -2.38. The standard InChI is InChI=1S/C16H24N2O2.ClH/c1-12-6-7-18(15(8-12)10-17)11-13-4-3-5-14(9-13)16(19)20-2;/h3-5,9,12,15H,6-8,10-11,17H2,1-2H3;1H. The van der Waals surface area contributed by atoms with Crippen molar-refractivity contribution in [2.45, 2.75) is 32.4 Å². The van der Waals surface area contributed by atoms with Crippen LogP contribution in [0.1, 0.15) is 35.7 Å². The van der Waals surface area contributed by atoms with E-state index in [1.54, 1.807) is 6.07 Å². The van der Waals surface area contributed by atoms with E-state index in [-0.39, 0.29) is 18.4 Å². The molecule has 2 N–H and O–H groups in total. The van der Waals surface area contributed by atoms with Crippen LogP contribution >= 0.6 is 12.4 Å². The van der Waals surface area contributed by atoms with Gasteiger partial charge in [-0.1, -0.05) is 19.1 Å². The normalized spacial score (nSPS) is 22.4. The first-order valence-electron chi connectivity index (χ1n) is 7.25. The van der Waals surface area contributed by atoms with E-state index in [2.05, 4.69) is 17.9 Å². The molecule has 5 heteroatoms. The van der Waals surface area contributed by atoms with Gasteiger partial charge in [-0.25, -0.2) is 4.79 Å². The van der Waals surface area contributed by atoms with Crippen LogP contribution in [-0.4, -0.2) is 37.1 Å². The van der Waals surface area contributed by atoms with Crippen molar-refractivity contribution in [3.8, 4) is 0 Å². The summed E-state index contributed by atoms with van der Waals surface area (Å²) in [7, 11) is 1.41. The number of methoxy groups -OCH3 is 1. The average molecular weight is 313 g/mol. The van der Waals surface area contributed by atoms with Crippen molar-refractivity contribution in [3.63, 3.8) is 0 Å². The number of nitrogens with two attached hydrogens (primary N) is 1. The summed E-state index contributed by atoms with van der Waals surface area (Å²) in [6.45, 7) is 4.91. The van der Waals surface area contributed by atoms with E-state index in [9.17, 15) is 4.79 Å². The fraction of sp³-hybridized carbons (Fsp3) is 0.562. The van der Waals surface area contributed by atoms with Gasteiger partial charge >= 0.3 is 5.97 Å². The molecule has 0 aliphatic carbocycles. The molecule has 1 heterocycles. The Hall–Kier alpha value is -1.10. The molecule has 2 unspecified atom stereocenters. The van der Waals surface area contributed by atoms with Crippen molar-refractivity contribution in [2.24, 2.45) is 11.7 Å². The second-order valence-corrected chi connectivity index (χ2v) is 5.68. The number of hydrogen-bond acceptors (Lipinski definition) is 4. The van der Waals surface area contributed by atoms with E-state index in [0.29, 0.717) is 18.2 Å². The molecule has 118 valence electrons. The minimum atomic E-state index is -0.283. The molecule has 0 spiro atoms. The molecule has 0 amide bonds. The lowest BCUT2D eigenvalue weighted by molar-refractivity contribution is 0.0600. The third-order valence-electron chi connectivity index (χ3n) is 4.11. The highest BCUT2D eigenvalue weighted by Gasteiger charge is 2.25. The Morgan fingerprint density at radius 2 is 2.24 bits per heavy atom. The van der Waals surface area contributed by atoms with Crippen LogP contribution < -0.4 is 5.73 Å². The smallest absolute Gasteiger partial charge is 0.337 e. The second-order valence-electron chi connectivity index (χ2n) is 5.68. The maximum Gasteiger partial charge on any atom is 0.337 e. The van der Waals surface area contributed by atoms with Crippen LogP contribution in [-0.2, 0) is 11.3 Å². The van der Waals surface area contributed by atoms with Crippen molar-refractivity contribution in [3.05, 3.63) is 35.4 Å². The number of ether oxygens (including phenoxy) is 1. The lowest BCUT2D eigenvalue weighted by atomic mass is 9.92. The van der Waals surface area contributed by atoms with Gasteiger partial charge in [-0.2, -0.15) is 0 Å². The third-order valence-corrected chi connectivity index (χ3v) is 4.11. The summed E-state index contributed by atoms with van der Waals surface area (Å²) in [6, 6.07) is 8.11. The van der Waals surface area contributed by atoms with E-state index in [0.717, 1.165) is 31.0 Å². The molecular formula is C16H25ClN2O2. The van der Waals surface area contributed by atoms with Crippen molar-refractivity contribution >= 4 is 18.4 Å². The van der Waals surface area contributed by atoms with Gasteiger partial charge in [0, 0.05) is 19.1 Å². The highest BCUT2D eigenvalue weighted by molar-refractivity contribution is 5.89. The Bertz CT molecular complexity index is 467. The van der Waals surface area contributed by atoms with E-state index >= 15 is 0 Å². The van der Waals surface area contributed by atoms with Crippen molar-refractivity contribution in [2.75, 3.05) is 20.2 Å². The molecule has 1 aromatic carbocycles. The van der Waals surface area contributed by atoms with Gasteiger partial charge < -0.3 is 10.5 Å². The van der Waals surface area contributed by atoms with Crippen molar-refractivity contribution < 1.29 is 9.53 Å². The molecule has 0 bridgehead atoms. The number of likely N-dealkylation sites (tertiary alicyclic amines) is 1. The minimum absolute atomic E-state index is 0. The first-order valence-corrected chi connectivity index (χ1v) is 7.25. The zero-order valence-electron chi connectivity index (χ0n) is 12.7. The Labute approximate surface area is 133 Å². The molecule has 21 heavy (non-hydrogen) atoms. The summed E-state index contributed by atoms with van der Waals surface area (Å²) < 4.78 is 4.77. The van der Waals surface area contributed by atoms with Crippen LogP contribution in [0.5, 0.6) is 0 Å². The van der Waals surface area contributed by atoms with Crippen LogP contribution in [0.15, 0.2) is 24.3 Å². The van der Waals surface area contributed by atoms with Gasteiger partial charge in [-0.05, 0) is 43.0 Å². The van der Waals surface area contributed by atoms with Gasteiger partial charge in [-0.3, -0.25) is 4.90 Å². The first-order chi connectivity index (χ1) is 9.63. The Balaban J connectivity index is 0.00000220. The van der Waals surface area contributed by atoms with Crippen LogP contribution in [0.3, 0.4) is 0 Å². The van der Waals surface area contributed by atoms with E-state index in [1.807, 2.05) is 12.1 Å². The van der Waals surface area contributed by atoms with Crippen LogP contribution in [0.4, 0.5) is 0 Å². The molecule has 1 aromatic rings. The van der Waals surface area contributed by atoms with Crippen LogP contribution in [0.2, 0.25) is 0 Å². The summed E-state index contributed by atoms with van der Waals surface area (Å²) in [5.74, 6) is 0.468. The summed E-state index contributed by atoms with van der Waals surface area (Å²) in [5.41, 5.74) is 7.64. The number of benzene rings is 1. The average Bonchev–Trinajstić information content (AvgIpc) is 2.48. The van der Waals surface area contributed by atoms with Gasteiger partial charge in [0.2, 0.25) is 0 Å². The largest absolute Gasteiger partial charge is 0.465 e. The Kier molecular flexibility index (Phi) is 7.15. The van der Waals surface area contributed by atoms with Gasteiger partial charge in [0.25, 0.3) is 0 Å². The maximum absolute atomic E-state index is 11.6. The lowest BCUT2D eigenvalue weighted by Crippen LogP contribution is -2.45. The number of carbonyl (C=O) groups is 1. The third kappa shape index (κ3) is 4.70. The van der Waals surface area contributed by atoms with Crippen molar-refractivity contribution in [1.29, 1.82) is 0 Å². The number of carbonyl (C=O) groups excluding carboxylic acids is 1. The zero-order chi connectivity index (χ0) is 14.5. The predicted octanol–water partition coefficient (Wildman–Crippen LogP) is 2.45. The van der Waals surface area contributed by atoms with Gasteiger partial charge in [-0.15, -0.1) is 12.4 Å². The van der Waals surface area contributed by atoms with E-state index in [1.165, 1.54) is 13.5 Å². The number of nitrogens with zero attached hydrogens (tertiary/aromatic N) is 1. The fourth-order valence-electron chi connectivity index (χ4n) is 2.90. The number of piperidine rings is 1. The summed E-state index contributed by atoms with van der Waals surface area (Å²) in [4.78, 5) is 14.0. The topological polar surface area (TPSA) is 55.6 Å². The highest BCUT2D eigenvalue weighted by atomic mass is 35.5. The molecule has 4 nitrogen and oxygen atoms in total. The van der Waals surface area contributed by atoms with Crippen LogP contribution in [0, 0.1) is 5.92 Å². The SMILES string of the molecule is COC(=O)c1cccc(CN2CCC(C)CC2CN)c1.Cl. The highest BCUT2D eigenvalue weighted by Crippen LogP contribution is 2.23. The zero-order valence-corrected chi connectivity index (χ0v) is 13.6. The van der Waals surface area contributed by atoms with Crippen LogP contribution in [0.25, 0.3) is 0 Å². The molecule has 1 fully saturated rings. The monoisotopic (exact) mass is 312 g/mol. The number of hydrogen-bond donors (Lipinski definition) is 1. The molecule has 0 saturated carbocycles. The van der Waals surface area contributed by atoms with Gasteiger partial charge in [0.15, 0.2) is 0 Å². The number of esters is 1. The molecule has 1 aliphatic rings.